The molecule has 0 saturated carbocycles. The Morgan fingerprint density at radius 3 is 2.56 bits per heavy atom. The number of non-ortho nitro benzene ring substituents is 1. The third-order valence-corrected chi connectivity index (χ3v) is 5.45. The standard InChI is InChI=1S/C22H22ClN3O6/c1-24(2)9-10-25-19(13-5-4-6-15(11-13)26(30)31)18(21(28)22(25)29)20(27)14-7-8-17(32-3)16(23)12-14/h4-8,11-12,19,27H,9-10H2,1-3H3/t19-/m1/s1. The van der Waals surface area contributed by atoms with Crippen LogP contribution in [0.1, 0.15) is 17.2 Å². The molecule has 1 atom stereocenters. The highest BCUT2D eigenvalue weighted by Gasteiger charge is 2.46. The third kappa shape index (κ3) is 4.44. The van der Waals surface area contributed by atoms with Crippen molar-refractivity contribution in [3.8, 4) is 5.75 Å². The lowest BCUT2D eigenvalue weighted by Gasteiger charge is -2.26. The number of ether oxygens (including phenoxy) is 1. The lowest BCUT2D eigenvalue weighted by Crippen LogP contribution is -2.35. The highest BCUT2D eigenvalue weighted by atomic mass is 35.5. The predicted molar refractivity (Wildman–Crippen MR) is 119 cm³/mol. The van der Waals surface area contributed by atoms with Gasteiger partial charge < -0.3 is 19.6 Å². The average Bonchev–Trinajstić information content (AvgIpc) is 3.01. The van der Waals surface area contributed by atoms with Gasteiger partial charge in [0.2, 0.25) is 0 Å². The Hall–Kier alpha value is -3.43. The van der Waals surface area contributed by atoms with E-state index in [9.17, 15) is 24.8 Å². The van der Waals surface area contributed by atoms with Crippen molar-refractivity contribution in [3.05, 3.63) is 74.3 Å². The monoisotopic (exact) mass is 459 g/mol. The van der Waals surface area contributed by atoms with Gasteiger partial charge in [0, 0.05) is 30.8 Å². The lowest BCUT2D eigenvalue weighted by molar-refractivity contribution is -0.384. The van der Waals surface area contributed by atoms with E-state index in [0.29, 0.717) is 17.9 Å². The number of amides is 1. The number of nitro benzene ring substituents is 1. The van der Waals surface area contributed by atoms with Crippen LogP contribution in [0.2, 0.25) is 5.02 Å². The highest BCUT2D eigenvalue weighted by molar-refractivity contribution is 6.46. The third-order valence-electron chi connectivity index (χ3n) is 5.15. The van der Waals surface area contributed by atoms with E-state index in [-0.39, 0.29) is 28.4 Å². The number of carbonyl (C=O) groups is 2. The number of nitrogens with zero attached hydrogens (tertiary/aromatic N) is 3. The van der Waals surface area contributed by atoms with E-state index >= 15 is 0 Å². The number of likely N-dealkylation sites (N-methyl/N-ethyl adjacent to an activating group) is 1. The maximum absolute atomic E-state index is 13.0. The Morgan fingerprint density at radius 2 is 1.97 bits per heavy atom. The van der Waals surface area contributed by atoms with E-state index in [0.717, 1.165) is 0 Å². The number of ketones is 1. The molecule has 1 aliphatic rings. The van der Waals surface area contributed by atoms with Crippen LogP contribution in [0.5, 0.6) is 5.75 Å². The number of hydrogen-bond donors (Lipinski definition) is 1. The largest absolute Gasteiger partial charge is 0.507 e. The van der Waals surface area contributed by atoms with Gasteiger partial charge in [-0.3, -0.25) is 19.7 Å². The van der Waals surface area contributed by atoms with Gasteiger partial charge in [0.1, 0.15) is 11.5 Å². The zero-order valence-corrected chi connectivity index (χ0v) is 18.5. The molecule has 3 rings (SSSR count). The van der Waals surface area contributed by atoms with Crippen LogP contribution in [0.25, 0.3) is 5.76 Å². The Kier molecular flexibility index (Phi) is 6.81. The van der Waals surface area contributed by atoms with E-state index in [2.05, 4.69) is 0 Å². The average molecular weight is 460 g/mol. The van der Waals surface area contributed by atoms with Gasteiger partial charge in [0.05, 0.1) is 28.7 Å². The molecule has 0 radical (unpaired) electrons. The molecular weight excluding hydrogens is 438 g/mol. The maximum Gasteiger partial charge on any atom is 0.295 e. The summed E-state index contributed by atoms with van der Waals surface area (Å²) in [5.74, 6) is -1.70. The number of rotatable bonds is 7. The van der Waals surface area contributed by atoms with Gasteiger partial charge in [-0.15, -0.1) is 0 Å². The number of carbonyl (C=O) groups excluding carboxylic acids is 2. The topological polar surface area (TPSA) is 113 Å². The minimum Gasteiger partial charge on any atom is -0.507 e. The zero-order valence-electron chi connectivity index (χ0n) is 17.7. The van der Waals surface area contributed by atoms with Gasteiger partial charge >= 0.3 is 0 Å². The molecular formula is C22H22ClN3O6. The molecule has 1 amide bonds. The number of aliphatic hydroxyl groups excluding tert-OH is 1. The molecule has 168 valence electrons. The number of benzene rings is 2. The second-order valence-electron chi connectivity index (χ2n) is 7.50. The van der Waals surface area contributed by atoms with Crippen molar-refractivity contribution in [1.29, 1.82) is 0 Å². The summed E-state index contributed by atoms with van der Waals surface area (Å²) in [6.07, 6.45) is 0. The predicted octanol–water partition coefficient (Wildman–Crippen LogP) is 3.24. The molecule has 0 aliphatic carbocycles. The molecule has 0 bridgehead atoms. The van der Waals surface area contributed by atoms with E-state index in [1.54, 1.807) is 6.07 Å². The second-order valence-corrected chi connectivity index (χ2v) is 7.90. The van der Waals surface area contributed by atoms with Crippen LogP contribution in [0.15, 0.2) is 48.0 Å². The molecule has 2 aromatic carbocycles. The summed E-state index contributed by atoms with van der Waals surface area (Å²) in [6, 6.07) is 9.15. The zero-order chi connectivity index (χ0) is 23.6. The summed E-state index contributed by atoms with van der Waals surface area (Å²) in [5.41, 5.74) is 0.221. The first-order valence-corrected chi connectivity index (χ1v) is 10.0. The summed E-state index contributed by atoms with van der Waals surface area (Å²) >= 11 is 6.17. The van der Waals surface area contributed by atoms with Crippen LogP contribution in [0.3, 0.4) is 0 Å². The van der Waals surface area contributed by atoms with Gasteiger partial charge in [0.15, 0.2) is 0 Å². The summed E-state index contributed by atoms with van der Waals surface area (Å²) in [7, 11) is 5.08. The normalized spacial score (nSPS) is 17.8. The van der Waals surface area contributed by atoms with Crippen molar-refractivity contribution in [2.45, 2.75) is 6.04 Å². The molecule has 1 aliphatic heterocycles. The molecule has 1 saturated heterocycles. The molecule has 9 nitrogen and oxygen atoms in total. The highest BCUT2D eigenvalue weighted by Crippen LogP contribution is 2.40. The summed E-state index contributed by atoms with van der Waals surface area (Å²) in [6.45, 7) is 0.637. The van der Waals surface area contributed by atoms with E-state index in [1.165, 1.54) is 48.4 Å². The number of aliphatic hydroxyl groups is 1. The van der Waals surface area contributed by atoms with Crippen molar-refractivity contribution >= 4 is 34.7 Å². The van der Waals surface area contributed by atoms with Gasteiger partial charge in [-0.2, -0.15) is 0 Å². The first-order chi connectivity index (χ1) is 15.1. The molecule has 32 heavy (non-hydrogen) atoms. The molecule has 10 heteroatoms. The fourth-order valence-electron chi connectivity index (χ4n) is 3.54. The molecule has 1 heterocycles. The first-order valence-electron chi connectivity index (χ1n) is 9.67. The van der Waals surface area contributed by atoms with E-state index < -0.39 is 28.4 Å². The smallest absolute Gasteiger partial charge is 0.295 e. The quantitative estimate of drug-likeness (QED) is 0.222. The minimum atomic E-state index is -0.990. The maximum atomic E-state index is 13.0. The van der Waals surface area contributed by atoms with Crippen molar-refractivity contribution in [2.24, 2.45) is 0 Å². The van der Waals surface area contributed by atoms with E-state index in [4.69, 9.17) is 16.3 Å². The SMILES string of the molecule is COc1ccc(C(O)=C2C(=O)C(=O)N(CCN(C)C)[C@@H]2c2cccc([N+](=O)[O-])c2)cc1Cl. The van der Waals surface area contributed by atoms with Gasteiger partial charge in [0.25, 0.3) is 17.4 Å². The fourth-order valence-corrected chi connectivity index (χ4v) is 3.80. The van der Waals surface area contributed by atoms with E-state index in [1.807, 2.05) is 19.0 Å². The molecule has 1 N–H and O–H groups in total. The number of hydrogen-bond acceptors (Lipinski definition) is 7. The number of Topliss-reactive ketones (excluding diaryl/α,β-unsaturated/α-hetero) is 1. The van der Waals surface area contributed by atoms with Gasteiger partial charge in [-0.1, -0.05) is 23.7 Å². The van der Waals surface area contributed by atoms with Gasteiger partial charge in [-0.25, -0.2) is 0 Å². The summed E-state index contributed by atoms with van der Waals surface area (Å²) in [4.78, 5) is 39.7. The Bertz CT molecular complexity index is 1110. The van der Waals surface area contributed by atoms with Crippen LogP contribution < -0.4 is 4.74 Å². The van der Waals surface area contributed by atoms with Crippen molar-refractivity contribution in [3.63, 3.8) is 0 Å². The number of nitro groups is 1. The minimum absolute atomic E-state index is 0.157. The number of likely N-dealkylation sites (tertiary alicyclic amines) is 1. The molecule has 2 aromatic rings. The van der Waals surface area contributed by atoms with Gasteiger partial charge in [-0.05, 0) is 37.9 Å². The molecule has 0 aromatic heterocycles. The lowest BCUT2D eigenvalue weighted by atomic mass is 9.95. The Morgan fingerprint density at radius 1 is 1.25 bits per heavy atom. The summed E-state index contributed by atoms with van der Waals surface area (Å²) < 4.78 is 5.11. The van der Waals surface area contributed by atoms with Crippen molar-refractivity contribution < 1.29 is 24.4 Å². The second kappa shape index (κ2) is 9.37. The Labute approximate surface area is 189 Å². The molecule has 0 spiro atoms. The van der Waals surface area contributed by atoms with Crippen LogP contribution in [0.4, 0.5) is 5.69 Å². The molecule has 1 fully saturated rings. The number of methoxy groups -OCH3 is 1. The number of halogens is 1. The van der Waals surface area contributed by atoms with Crippen molar-refractivity contribution in [2.75, 3.05) is 34.3 Å². The molecule has 0 unspecified atom stereocenters. The fraction of sp³-hybridized carbons (Fsp3) is 0.273. The summed E-state index contributed by atoms with van der Waals surface area (Å²) in [5, 5.41) is 22.5. The van der Waals surface area contributed by atoms with Crippen molar-refractivity contribution in [1.82, 2.24) is 9.80 Å². The van der Waals surface area contributed by atoms with Crippen LogP contribution in [-0.2, 0) is 9.59 Å². The first kappa shape index (κ1) is 23.2. The van der Waals surface area contributed by atoms with Crippen LogP contribution in [0, 0.1) is 10.1 Å². The van der Waals surface area contributed by atoms with Crippen LogP contribution in [-0.4, -0.2) is 65.8 Å². The van der Waals surface area contributed by atoms with Crippen LogP contribution >= 0.6 is 11.6 Å². The Balaban J connectivity index is 2.19.